The number of hydrogen-bond donors (Lipinski definition) is 6. The molecule has 0 bridgehead atoms. The number of phenols is 3. The highest BCUT2D eigenvalue weighted by Crippen LogP contribution is 2.49. The zero-order valence-corrected chi connectivity index (χ0v) is 16.5. The summed E-state index contributed by atoms with van der Waals surface area (Å²) in [4.78, 5) is 0. The van der Waals surface area contributed by atoms with E-state index in [1.54, 1.807) is 13.0 Å². The molecule has 1 aliphatic carbocycles. The molecule has 2 aromatic rings. The van der Waals surface area contributed by atoms with E-state index < -0.39 is 30.2 Å². The van der Waals surface area contributed by atoms with E-state index in [1.165, 1.54) is 20.1 Å². The van der Waals surface area contributed by atoms with Crippen molar-refractivity contribution in [2.75, 3.05) is 7.11 Å². The lowest BCUT2D eigenvalue weighted by Gasteiger charge is -2.35. The van der Waals surface area contributed by atoms with Gasteiger partial charge in [-0.25, -0.2) is 0 Å². The molecule has 0 saturated carbocycles. The lowest BCUT2D eigenvalue weighted by atomic mass is 9.77. The third kappa shape index (κ3) is 2.78. The number of aliphatic hydroxyl groups excluding tert-OH is 2. The van der Waals surface area contributed by atoms with Crippen LogP contribution in [0.2, 0.25) is 0 Å². The third-order valence-corrected chi connectivity index (χ3v) is 6.41. The van der Waals surface area contributed by atoms with Crippen molar-refractivity contribution < 1.29 is 40.1 Å². The van der Waals surface area contributed by atoms with Crippen LogP contribution in [0.3, 0.4) is 0 Å². The van der Waals surface area contributed by atoms with Crippen molar-refractivity contribution in [1.82, 2.24) is 0 Å². The van der Waals surface area contributed by atoms with Gasteiger partial charge in [-0.1, -0.05) is 6.07 Å². The Hall–Kier alpha value is -2.10. The molecule has 0 radical (unpaired) electrons. The lowest BCUT2D eigenvalue weighted by molar-refractivity contribution is -0.293. The van der Waals surface area contributed by atoms with Crippen molar-refractivity contribution in [2.45, 2.75) is 56.9 Å². The second-order valence-electron chi connectivity index (χ2n) is 8.15. The second kappa shape index (κ2) is 6.72. The first-order chi connectivity index (χ1) is 13.6. The van der Waals surface area contributed by atoms with Gasteiger partial charge in [-0.3, -0.25) is 0 Å². The third-order valence-electron chi connectivity index (χ3n) is 6.41. The van der Waals surface area contributed by atoms with E-state index in [4.69, 9.17) is 9.47 Å². The van der Waals surface area contributed by atoms with E-state index >= 15 is 0 Å². The fourth-order valence-electron chi connectivity index (χ4n) is 4.84. The minimum absolute atomic E-state index is 0.0727. The Morgan fingerprint density at radius 1 is 1.14 bits per heavy atom. The van der Waals surface area contributed by atoms with Crippen molar-refractivity contribution in [3.05, 3.63) is 28.8 Å². The molecule has 2 aromatic carbocycles. The maximum atomic E-state index is 11.0. The number of methoxy groups -OCH3 is 1. The molecule has 0 amide bonds. The predicted molar refractivity (Wildman–Crippen MR) is 103 cm³/mol. The number of benzene rings is 2. The zero-order chi connectivity index (χ0) is 21.2. The summed E-state index contributed by atoms with van der Waals surface area (Å²) < 4.78 is 11.2. The Morgan fingerprint density at radius 3 is 2.45 bits per heavy atom. The molecule has 6 atom stereocenters. The van der Waals surface area contributed by atoms with Crippen LogP contribution in [-0.4, -0.2) is 68.0 Å². The second-order valence-corrected chi connectivity index (χ2v) is 8.15. The van der Waals surface area contributed by atoms with Gasteiger partial charge in [0.05, 0.1) is 17.6 Å². The number of hydrogen-bond acceptors (Lipinski definition) is 8. The van der Waals surface area contributed by atoms with Crippen LogP contribution < -0.4 is 0 Å². The first-order valence-electron chi connectivity index (χ1n) is 9.58. The summed E-state index contributed by atoms with van der Waals surface area (Å²) in [6, 6.07) is 3.28. The van der Waals surface area contributed by atoms with E-state index in [-0.39, 0.29) is 40.5 Å². The van der Waals surface area contributed by atoms with Gasteiger partial charge in [0.2, 0.25) is 5.79 Å². The van der Waals surface area contributed by atoms with Crippen LogP contribution in [0.5, 0.6) is 17.2 Å². The van der Waals surface area contributed by atoms with E-state index in [9.17, 15) is 30.6 Å². The molecule has 2 aliphatic rings. The van der Waals surface area contributed by atoms with E-state index in [2.05, 4.69) is 0 Å². The molecule has 1 heterocycles. The summed E-state index contributed by atoms with van der Waals surface area (Å²) in [5.74, 6) is -2.77. The zero-order valence-electron chi connectivity index (χ0n) is 16.5. The van der Waals surface area contributed by atoms with Crippen LogP contribution in [0.25, 0.3) is 10.8 Å². The average Bonchev–Trinajstić information content (AvgIpc) is 2.95. The first-order valence-corrected chi connectivity index (χ1v) is 9.58. The van der Waals surface area contributed by atoms with Crippen LogP contribution in [0.15, 0.2) is 12.1 Å². The molecule has 1 fully saturated rings. The van der Waals surface area contributed by atoms with Crippen LogP contribution in [0, 0.1) is 12.8 Å². The Labute approximate surface area is 167 Å². The quantitative estimate of drug-likeness (QED) is 0.440. The van der Waals surface area contributed by atoms with Crippen molar-refractivity contribution in [2.24, 2.45) is 5.92 Å². The van der Waals surface area contributed by atoms with Gasteiger partial charge in [0.1, 0.15) is 29.5 Å². The minimum Gasteiger partial charge on any atom is -0.508 e. The van der Waals surface area contributed by atoms with Gasteiger partial charge in [-0.05, 0) is 37.3 Å². The normalized spacial score (nSPS) is 30.8. The molecule has 6 unspecified atom stereocenters. The van der Waals surface area contributed by atoms with Gasteiger partial charge in [-0.2, -0.15) is 0 Å². The van der Waals surface area contributed by atoms with Gasteiger partial charge in [0.15, 0.2) is 0 Å². The fourth-order valence-corrected chi connectivity index (χ4v) is 4.84. The molecule has 29 heavy (non-hydrogen) atoms. The lowest BCUT2D eigenvalue weighted by Crippen LogP contribution is -2.56. The van der Waals surface area contributed by atoms with Gasteiger partial charge < -0.3 is 40.1 Å². The molecule has 0 aromatic heterocycles. The van der Waals surface area contributed by atoms with E-state index in [0.29, 0.717) is 17.4 Å². The molecule has 1 aliphatic heterocycles. The SMILES string of the molecule is COC1C2Cc3cc4cc(O)c(C)c(O)c4c(O)c3CC2OC1(O)C(O)C(C)O. The highest BCUT2D eigenvalue weighted by molar-refractivity contribution is 5.97. The van der Waals surface area contributed by atoms with Crippen LogP contribution >= 0.6 is 0 Å². The van der Waals surface area contributed by atoms with Crippen molar-refractivity contribution >= 4 is 10.8 Å². The van der Waals surface area contributed by atoms with Crippen molar-refractivity contribution in [1.29, 1.82) is 0 Å². The average molecular weight is 406 g/mol. The molecular formula is C21H26O8. The minimum atomic E-state index is -2.09. The van der Waals surface area contributed by atoms with Gasteiger partial charge in [0, 0.05) is 30.6 Å². The Balaban J connectivity index is 1.81. The Morgan fingerprint density at radius 2 is 1.83 bits per heavy atom. The van der Waals surface area contributed by atoms with Crippen LogP contribution in [0.4, 0.5) is 0 Å². The molecule has 4 rings (SSSR count). The number of rotatable bonds is 3. The molecule has 0 spiro atoms. The van der Waals surface area contributed by atoms with Gasteiger partial charge in [0.25, 0.3) is 0 Å². The fraction of sp³-hybridized carbons (Fsp3) is 0.524. The Kier molecular flexibility index (Phi) is 4.67. The summed E-state index contributed by atoms with van der Waals surface area (Å²) in [6.45, 7) is 2.91. The largest absolute Gasteiger partial charge is 0.508 e. The van der Waals surface area contributed by atoms with Gasteiger partial charge >= 0.3 is 0 Å². The summed E-state index contributed by atoms with van der Waals surface area (Å²) in [5, 5.41) is 63.2. The predicted octanol–water partition coefficient (Wildman–Crippen LogP) is 0.824. The van der Waals surface area contributed by atoms with Crippen LogP contribution in [0.1, 0.15) is 23.6 Å². The van der Waals surface area contributed by atoms with Crippen molar-refractivity contribution in [3.63, 3.8) is 0 Å². The van der Waals surface area contributed by atoms with Gasteiger partial charge in [-0.15, -0.1) is 0 Å². The van der Waals surface area contributed by atoms with E-state index in [1.807, 2.05) is 0 Å². The molecule has 8 heteroatoms. The number of fused-ring (bicyclic) bond motifs is 3. The number of ether oxygens (including phenoxy) is 2. The highest BCUT2D eigenvalue weighted by atomic mass is 16.7. The Bertz CT molecular complexity index is 971. The number of aliphatic hydroxyl groups is 3. The molecule has 8 nitrogen and oxygen atoms in total. The summed E-state index contributed by atoms with van der Waals surface area (Å²) in [7, 11) is 1.41. The molecule has 6 N–H and O–H groups in total. The summed E-state index contributed by atoms with van der Waals surface area (Å²) in [6.07, 6.45) is -3.64. The topological polar surface area (TPSA) is 140 Å². The maximum Gasteiger partial charge on any atom is 0.222 e. The first kappa shape index (κ1) is 20.2. The molecule has 158 valence electrons. The number of phenolic OH excluding ortho intramolecular Hbond substituents is 3. The molecule has 1 saturated heterocycles. The highest BCUT2D eigenvalue weighted by Gasteiger charge is 2.60. The maximum absolute atomic E-state index is 11.0. The molecular weight excluding hydrogens is 380 g/mol. The summed E-state index contributed by atoms with van der Waals surface area (Å²) >= 11 is 0. The summed E-state index contributed by atoms with van der Waals surface area (Å²) in [5.41, 5.74) is 1.62. The van der Waals surface area contributed by atoms with Crippen molar-refractivity contribution in [3.8, 4) is 17.2 Å². The van der Waals surface area contributed by atoms with Crippen LogP contribution in [-0.2, 0) is 22.3 Å². The monoisotopic (exact) mass is 406 g/mol. The standard InChI is InChI=1S/C21H26O8/c1-8-14(23)6-11-4-10-5-13-15(7-12(10)18(25)16(11)17(8)24)29-21(27,20(13)28-3)19(26)9(2)22/h4,6,9,13,15,19-20,22-27H,5,7H2,1-3H3. The number of aromatic hydroxyl groups is 3. The smallest absolute Gasteiger partial charge is 0.222 e. The van der Waals surface area contributed by atoms with E-state index in [0.717, 1.165) is 5.56 Å².